The van der Waals surface area contributed by atoms with Crippen LogP contribution in [0.1, 0.15) is 26.7 Å². The summed E-state index contributed by atoms with van der Waals surface area (Å²) >= 11 is 1.91. The van der Waals surface area contributed by atoms with Gasteiger partial charge < -0.3 is 0 Å². The number of ketones is 1. The van der Waals surface area contributed by atoms with Crippen LogP contribution in [0.2, 0.25) is 0 Å². The molecule has 0 amide bonds. The molecule has 2 unspecified atom stereocenters. The number of likely N-dealkylation sites (N-methyl/N-ethyl adjacent to an activating group) is 1. The minimum absolute atomic E-state index is 0.176. The molecule has 2 nitrogen and oxygen atoms in total. The van der Waals surface area contributed by atoms with E-state index in [2.05, 4.69) is 25.8 Å². The van der Waals surface area contributed by atoms with Crippen LogP contribution < -0.4 is 0 Å². The Morgan fingerprint density at radius 2 is 2.36 bits per heavy atom. The third kappa shape index (κ3) is 2.99. The van der Waals surface area contributed by atoms with Crippen molar-refractivity contribution in [1.82, 2.24) is 4.90 Å². The van der Waals surface area contributed by atoms with Crippen LogP contribution in [-0.4, -0.2) is 41.8 Å². The van der Waals surface area contributed by atoms with Crippen LogP contribution in [0.25, 0.3) is 0 Å². The Morgan fingerprint density at radius 3 is 2.93 bits per heavy atom. The van der Waals surface area contributed by atoms with E-state index >= 15 is 0 Å². The number of thioether (sulfide) groups is 1. The van der Waals surface area contributed by atoms with Crippen molar-refractivity contribution < 1.29 is 4.79 Å². The summed E-state index contributed by atoms with van der Waals surface area (Å²) in [5, 5.41) is 0. The quantitative estimate of drug-likeness (QED) is 0.716. The lowest BCUT2D eigenvalue weighted by Crippen LogP contribution is -2.46. The van der Waals surface area contributed by atoms with Gasteiger partial charge in [-0.2, -0.15) is 11.8 Å². The van der Waals surface area contributed by atoms with Gasteiger partial charge in [0.25, 0.3) is 0 Å². The Bertz CT molecular complexity index is 196. The summed E-state index contributed by atoms with van der Waals surface area (Å²) in [6.45, 7) is 5.27. The second kappa shape index (κ2) is 5.76. The summed E-state index contributed by atoms with van der Waals surface area (Å²) in [5.41, 5.74) is 0. The van der Waals surface area contributed by atoms with Gasteiger partial charge in [0.15, 0.2) is 5.78 Å². The minimum atomic E-state index is 0.176. The van der Waals surface area contributed by atoms with Crippen molar-refractivity contribution in [1.29, 1.82) is 0 Å². The molecule has 1 heterocycles. The molecule has 0 aromatic carbocycles. The van der Waals surface area contributed by atoms with E-state index in [4.69, 9.17) is 0 Å². The number of carbonyl (C=O) groups excluding carboxylic acids is 1. The van der Waals surface area contributed by atoms with Crippen molar-refractivity contribution in [2.75, 3.05) is 25.1 Å². The normalized spacial score (nSPS) is 26.1. The van der Waals surface area contributed by atoms with Crippen LogP contribution in [0.15, 0.2) is 0 Å². The number of Topliss-reactive ketones (excluding diaryl/α,β-unsaturated/α-hetero) is 1. The zero-order chi connectivity index (χ0) is 10.6. The highest BCUT2D eigenvalue weighted by Gasteiger charge is 2.28. The lowest BCUT2D eigenvalue weighted by atomic mass is 9.95. The zero-order valence-corrected chi connectivity index (χ0v) is 10.3. The summed E-state index contributed by atoms with van der Waals surface area (Å²) in [6.07, 6.45) is 2.14. The maximum Gasteiger partial charge on any atom is 0.153 e. The second-order valence-electron chi connectivity index (χ2n) is 4.16. The minimum Gasteiger partial charge on any atom is -0.298 e. The molecule has 0 bridgehead atoms. The molecule has 82 valence electrons. The van der Waals surface area contributed by atoms with Crippen LogP contribution in [-0.2, 0) is 4.79 Å². The molecule has 0 spiro atoms. The highest BCUT2D eigenvalue weighted by Crippen LogP contribution is 2.19. The first-order chi connectivity index (χ1) is 6.66. The molecular weight excluding hydrogens is 194 g/mol. The van der Waals surface area contributed by atoms with E-state index in [0.717, 1.165) is 25.1 Å². The molecule has 0 aliphatic carbocycles. The zero-order valence-electron chi connectivity index (χ0n) is 9.45. The molecule has 0 aromatic rings. The van der Waals surface area contributed by atoms with E-state index in [-0.39, 0.29) is 12.0 Å². The fourth-order valence-electron chi connectivity index (χ4n) is 1.89. The predicted molar refractivity (Wildman–Crippen MR) is 62.8 cm³/mol. The van der Waals surface area contributed by atoms with E-state index in [1.165, 1.54) is 5.75 Å². The topological polar surface area (TPSA) is 20.3 Å². The largest absolute Gasteiger partial charge is 0.298 e. The van der Waals surface area contributed by atoms with Crippen LogP contribution in [0.3, 0.4) is 0 Å². The molecule has 14 heavy (non-hydrogen) atoms. The first kappa shape index (κ1) is 12.1. The Morgan fingerprint density at radius 1 is 1.64 bits per heavy atom. The third-order valence-electron chi connectivity index (χ3n) is 2.93. The van der Waals surface area contributed by atoms with Gasteiger partial charge >= 0.3 is 0 Å². The monoisotopic (exact) mass is 215 g/mol. The fourth-order valence-corrected chi connectivity index (χ4v) is 3.12. The van der Waals surface area contributed by atoms with Crippen molar-refractivity contribution in [2.24, 2.45) is 5.92 Å². The van der Waals surface area contributed by atoms with E-state index in [0.29, 0.717) is 5.78 Å². The summed E-state index contributed by atoms with van der Waals surface area (Å²) in [4.78, 5) is 14.3. The van der Waals surface area contributed by atoms with Crippen LogP contribution >= 0.6 is 11.8 Å². The highest BCUT2D eigenvalue weighted by molar-refractivity contribution is 7.99. The summed E-state index contributed by atoms with van der Waals surface area (Å²) in [7, 11) is 2.07. The van der Waals surface area contributed by atoms with Gasteiger partial charge in [-0.15, -0.1) is 0 Å². The molecular formula is C11H21NOS. The second-order valence-corrected chi connectivity index (χ2v) is 5.31. The van der Waals surface area contributed by atoms with Gasteiger partial charge in [-0.05, 0) is 13.5 Å². The maximum atomic E-state index is 12.0. The molecule has 2 atom stereocenters. The molecule has 0 N–H and O–H groups in total. The number of carbonyl (C=O) groups is 1. The van der Waals surface area contributed by atoms with Gasteiger partial charge in [-0.25, -0.2) is 0 Å². The molecule has 1 aliphatic heterocycles. The Labute approximate surface area is 91.4 Å². The van der Waals surface area contributed by atoms with Gasteiger partial charge in [-0.3, -0.25) is 9.69 Å². The van der Waals surface area contributed by atoms with Crippen molar-refractivity contribution in [2.45, 2.75) is 32.7 Å². The average molecular weight is 215 g/mol. The lowest BCUT2D eigenvalue weighted by molar-refractivity contribution is -0.126. The maximum absolute atomic E-state index is 12.0. The van der Waals surface area contributed by atoms with Gasteiger partial charge in [-0.1, -0.05) is 20.3 Å². The van der Waals surface area contributed by atoms with Gasteiger partial charge in [0.2, 0.25) is 0 Å². The fraction of sp³-hybridized carbons (Fsp3) is 0.909. The predicted octanol–water partition coefficient (Wildman–Crippen LogP) is 2.04. The number of hydrogen-bond acceptors (Lipinski definition) is 3. The SMILES string of the molecule is CCCC(C)C(=O)C1CSCCN1C. The molecule has 0 radical (unpaired) electrons. The Hall–Kier alpha value is -0.0200. The first-order valence-corrected chi connectivity index (χ1v) is 6.64. The molecule has 1 saturated heterocycles. The standard InChI is InChI=1S/C11H21NOS/c1-4-5-9(2)11(13)10-8-14-7-6-12(10)3/h9-10H,4-8H2,1-3H3. The van der Waals surface area contributed by atoms with E-state index < -0.39 is 0 Å². The Balaban J connectivity index is 2.49. The molecule has 1 rings (SSSR count). The smallest absolute Gasteiger partial charge is 0.153 e. The molecule has 0 aromatic heterocycles. The van der Waals surface area contributed by atoms with Crippen molar-refractivity contribution in [3.63, 3.8) is 0 Å². The summed E-state index contributed by atoms with van der Waals surface area (Å²) in [6, 6.07) is 0.176. The van der Waals surface area contributed by atoms with Crippen molar-refractivity contribution >= 4 is 17.5 Å². The van der Waals surface area contributed by atoms with Crippen LogP contribution in [0, 0.1) is 5.92 Å². The van der Waals surface area contributed by atoms with E-state index in [1.54, 1.807) is 0 Å². The van der Waals surface area contributed by atoms with Crippen LogP contribution in [0.4, 0.5) is 0 Å². The third-order valence-corrected chi connectivity index (χ3v) is 3.95. The summed E-state index contributed by atoms with van der Waals surface area (Å²) in [5.74, 6) is 2.85. The van der Waals surface area contributed by atoms with E-state index in [9.17, 15) is 4.79 Å². The number of hydrogen-bond donors (Lipinski definition) is 0. The van der Waals surface area contributed by atoms with Gasteiger partial charge in [0, 0.05) is 24.0 Å². The first-order valence-electron chi connectivity index (χ1n) is 5.48. The number of nitrogens with zero attached hydrogens (tertiary/aromatic N) is 1. The van der Waals surface area contributed by atoms with E-state index in [1.807, 2.05) is 11.8 Å². The molecule has 1 aliphatic rings. The highest BCUT2D eigenvalue weighted by atomic mass is 32.2. The lowest BCUT2D eigenvalue weighted by Gasteiger charge is -2.32. The van der Waals surface area contributed by atoms with Gasteiger partial charge in [0.05, 0.1) is 6.04 Å². The summed E-state index contributed by atoms with van der Waals surface area (Å²) < 4.78 is 0. The van der Waals surface area contributed by atoms with Gasteiger partial charge in [0.1, 0.15) is 0 Å². The Kier molecular flexibility index (Phi) is 4.96. The van der Waals surface area contributed by atoms with Crippen molar-refractivity contribution in [3.8, 4) is 0 Å². The molecule has 1 fully saturated rings. The molecule has 0 saturated carbocycles. The molecule has 3 heteroatoms. The van der Waals surface area contributed by atoms with Crippen LogP contribution in [0.5, 0.6) is 0 Å². The number of rotatable bonds is 4. The van der Waals surface area contributed by atoms with Crippen molar-refractivity contribution in [3.05, 3.63) is 0 Å². The average Bonchev–Trinajstić information content (AvgIpc) is 2.18.